The standard InChI is InChI=1S/C14H23N3/c1-11-4-6-13(7-5-11)17-9-12(2)16(3)10-14(17)8-15/h4-7,12,14H,8-10,15H2,1-3H3. The molecule has 3 nitrogen and oxygen atoms in total. The predicted molar refractivity (Wildman–Crippen MR) is 73.5 cm³/mol. The van der Waals surface area contributed by atoms with Crippen molar-refractivity contribution in [3.8, 4) is 0 Å². The molecule has 3 heteroatoms. The third kappa shape index (κ3) is 2.61. The average molecular weight is 233 g/mol. The molecular formula is C14H23N3. The lowest BCUT2D eigenvalue weighted by Crippen LogP contribution is -2.58. The number of hydrogen-bond acceptors (Lipinski definition) is 3. The molecule has 1 saturated heterocycles. The molecule has 1 aromatic rings. The Morgan fingerprint density at radius 1 is 1.24 bits per heavy atom. The molecule has 0 bridgehead atoms. The van der Waals surface area contributed by atoms with E-state index in [9.17, 15) is 0 Å². The molecule has 1 heterocycles. The van der Waals surface area contributed by atoms with E-state index >= 15 is 0 Å². The third-order valence-corrected chi connectivity index (χ3v) is 3.79. The zero-order chi connectivity index (χ0) is 12.4. The Balaban J connectivity index is 2.20. The largest absolute Gasteiger partial charge is 0.364 e. The Kier molecular flexibility index (Phi) is 3.69. The van der Waals surface area contributed by atoms with E-state index in [1.807, 2.05) is 0 Å². The number of hydrogen-bond donors (Lipinski definition) is 1. The quantitative estimate of drug-likeness (QED) is 0.839. The summed E-state index contributed by atoms with van der Waals surface area (Å²) in [4.78, 5) is 4.84. The molecule has 0 amide bonds. The molecule has 1 aliphatic rings. The lowest BCUT2D eigenvalue weighted by molar-refractivity contribution is 0.202. The van der Waals surface area contributed by atoms with E-state index in [4.69, 9.17) is 5.73 Å². The number of nitrogens with zero attached hydrogens (tertiary/aromatic N) is 2. The Morgan fingerprint density at radius 3 is 2.47 bits per heavy atom. The van der Waals surface area contributed by atoms with Crippen molar-refractivity contribution >= 4 is 5.69 Å². The van der Waals surface area contributed by atoms with Crippen molar-refractivity contribution in [3.63, 3.8) is 0 Å². The molecule has 0 saturated carbocycles. The van der Waals surface area contributed by atoms with Crippen LogP contribution in [0.2, 0.25) is 0 Å². The molecule has 1 aliphatic heterocycles. The number of nitrogens with two attached hydrogens (primary N) is 1. The van der Waals surface area contributed by atoms with E-state index in [1.165, 1.54) is 11.3 Å². The van der Waals surface area contributed by atoms with Gasteiger partial charge in [0.2, 0.25) is 0 Å². The van der Waals surface area contributed by atoms with Crippen LogP contribution >= 0.6 is 0 Å². The number of likely N-dealkylation sites (N-methyl/N-ethyl adjacent to an activating group) is 1. The first-order chi connectivity index (χ1) is 8.11. The molecule has 2 N–H and O–H groups in total. The van der Waals surface area contributed by atoms with Gasteiger partial charge in [0.15, 0.2) is 0 Å². The minimum Gasteiger partial charge on any atom is -0.364 e. The van der Waals surface area contributed by atoms with Gasteiger partial charge >= 0.3 is 0 Å². The van der Waals surface area contributed by atoms with Crippen molar-refractivity contribution in [2.45, 2.75) is 25.9 Å². The zero-order valence-corrected chi connectivity index (χ0v) is 11.1. The number of piperazine rings is 1. The summed E-state index contributed by atoms with van der Waals surface area (Å²) in [5.41, 5.74) is 8.50. The van der Waals surface area contributed by atoms with E-state index in [0.29, 0.717) is 18.6 Å². The van der Waals surface area contributed by atoms with Crippen LogP contribution in [0.3, 0.4) is 0 Å². The van der Waals surface area contributed by atoms with Crippen LogP contribution in [0.15, 0.2) is 24.3 Å². The van der Waals surface area contributed by atoms with E-state index in [2.05, 4.69) is 55.0 Å². The second kappa shape index (κ2) is 5.07. The van der Waals surface area contributed by atoms with Crippen LogP contribution in [-0.2, 0) is 0 Å². The van der Waals surface area contributed by atoms with Crippen molar-refractivity contribution in [1.82, 2.24) is 4.90 Å². The minimum absolute atomic E-state index is 0.430. The van der Waals surface area contributed by atoms with E-state index in [-0.39, 0.29) is 0 Å². The predicted octanol–water partition coefficient (Wildman–Crippen LogP) is 1.46. The van der Waals surface area contributed by atoms with Gasteiger partial charge in [-0.15, -0.1) is 0 Å². The first-order valence-electron chi connectivity index (χ1n) is 6.35. The summed E-state index contributed by atoms with van der Waals surface area (Å²) in [5, 5.41) is 0. The van der Waals surface area contributed by atoms with Crippen LogP contribution in [0, 0.1) is 6.92 Å². The van der Waals surface area contributed by atoms with Crippen molar-refractivity contribution in [3.05, 3.63) is 29.8 Å². The molecule has 0 radical (unpaired) electrons. The van der Waals surface area contributed by atoms with Gasteiger partial charge in [0.1, 0.15) is 0 Å². The Bertz CT molecular complexity index is 360. The van der Waals surface area contributed by atoms with Crippen molar-refractivity contribution < 1.29 is 0 Å². The molecular weight excluding hydrogens is 210 g/mol. The van der Waals surface area contributed by atoms with Crippen LogP contribution in [0.4, 0.5) is 5.69 Å². The van der Waals surface area contributed by atoms with Gasteiger partial charge in [-0.05, 0) is 33.0 Å². The first kappa shape index (κ1) is 12.4. The van der Waals surface area contributed by atoms with Gasteiger partial charge in [0, 0.05) is 31.4 Å². The lowest BCUT2D eigenvalue weighted by atomic mass is 10.1. The van der Waals surface area contributed by atoms with Gasteiger partial charge in [-0.2, -0.15) is 0 Å². The monoisotopic (exact) mass is 233 g/mol. The highest BCUT2D eigenvalue weighted by atomic mass is 15.3. The fourth-order valence-corrected chi connectivity index (χ4v) is 2.44. The van der Waals surface area contributed by atoms with Gasteiger partial charge in [0.05, 0.1) is 6.04 Å². The van der Waals surface area contributed by atoms with Crippen molar-refractivity contribution in [1.29, 1.82) is 0 Å². The highest BCUT2D eigenvalue weighted by Gasteiger charge is 2.28. The van der Waals surface area contributed by atoms with Crippen molar-refractivity contribution in [2.24, 2.45) is 5.73 Å². The minimum atomic E-state index is 0.430. The summed E-state index contributed by atoms with van der Waals surface area (Å²) >= 11 is 0. The van der Waals surface area contributed by atoms with Gasteiger partial charge in [-0.3, -0.25) is 4.90 Å². The zero-order valence-electron chi connectivity index (χ0n) is 11.1. The van der Waals surface area contributed by atoms with Crippen LogP contribution in [0.1, 0.15) is 12.5 Å². The molecule has 0 aliphatic carbocycles. The molecule has 17 heavy (non-hydrogen) atoms. The Hall–Kier alpha value is -1.06. The third-order valence-electron chi connectivity index (χ3n) is 3.79. The normalized spacial score (nSPS) is 26.2. The summed E-state index contributed by atoms with van der Waals surface area (Å²) < 4.78 is 0. The highest BCUT2D eigenvalue weighted by molar-refractivity contribution is 5.49. The fourth-order valence-electron chi connectivity index (χ4n) is 2.44. The highest BCUT2D eigenvalue weighted by Crippen LogP contribution is 2.22. The van der Waals surface area contributed by atoms with E-state index in [1.54, 1.807) is 0 Å². The van der Waals surface area contributed by atoms with Crippen LogP contribution < -0.4 is 10.6 Å². The first-order valence-corrected chi connectivity index (χ1v) is 6.35. The van der Waals surface area contributed by atoms with Gasteiger partial charge in [-0.1, -0.05) is 17.7 Å². The van der Waals surface area contributed by atoms with Crippen molar-refractivity contribution in [2.75, 3.05) is 31.6 Å². The van der Waals surface area contributed by atoms with Crippen LogP contribution in [0.5, 0.6) is 0 Å². The number of aryl methyl sites for hydroxylation is 1. The summed E-state index contributed by atoms with van der Waals surface area (Å²) in [7, 11) is 2.18. The molecule has 0 spiro atoms. The summed E-state index contributed by atoms with van der Waals surface area (Å²) in [6.07, 6.45) is 0. The second-order valence-electron chi connectivity index (χ2n) is 5.17. The number of benzene rings is 1. The molecule has 1 aromatic carbocycles. The molecule has 94 valence electrons. The summed E-state index contributed by atoms with van der Waals surface area (Å²) in [5.74, 6) is 0. The van der Waals surface area contributed by atoms with Gasteiger partial charge < -0.3 is 10.6 Å². The maximum Gasteiger partial charge on any atom is 0.0540 e. The van der Waals surface area contributed by atoms with Gasteiger partial charge in [0.25, 0.3) is 0 Å². The van der Waals surface area contributed by atoms with Crippen LogP contribution in [-0.4, -0.2) is 43.7 Å². The molecule has 0 aromatic heterocycles. The fraction of sp³-hybridized carbons (Fsp3) is 0.571. The Morgan fingerprint density at radius 2 is 1.88 bits per heavy atom. The van der Waals surface area contributed by atoms with Crippen LogP contribution in [0.25, 0.3) is 0 Å². The van der Waals surface area contributed by atoms with E-state index in [0.717, 1.165) is 13.1 Å². The molecule has 2 unspecified atom stereocenters. The SMILES string of the molecule is Cc1ccc(N2CC(C)N(C)CC2CN)cc1. The average Bonchev–Trinajstić information content (AvgIpc) is 2.33. The maximum absolute atomic E-state index is 5.90. The smallest absolute Gasteiger partial charge is 0.0540 e. The lowest BCUT2D eigenvalue weighted by Gasteiger charge is -2.44. The van der Waals surface area contributed by atoms with Gasteiger partial charge in [-0.25, -0.2) is 0 Å². The molecule has 2 rings (SSSR count). The summed E-state index contributed by atoms with van der Waals surface area (Å²) in [6, 6.07) is 9.77. The Labute approximate surface area is 104 Å². The van der Waals surface area contributed by atoms with E-state index < -0.39 is 0 Å². The molecule has 2 atom stereocenters. The number of rotatable bonds is 2. The second-order valence-corrected chi connectivity index (χ2v) is 5.17. The number of anilines is 1. The topological polar surface area (TPSA) is 32.5 Å². The summed E-state index contributed by atoms with van der Waals surface area (Å²) in [6.45, 7) is 7.21. The maximum atomic E-state index is 5.90. The molecule has 1 fully saturated rings.